The fraction of sp³-hybridized carbons (Fsp3) is 0.364. The van der Waals surface area contributed by atoms with Crippen molar-refractivity contribution in [2.75, 3.05) is 5.32 Å². The molecule has 0 unspecified atom stereocenters. The van der Waals surface area contributed by atoms with Gasteiger partial charge in [0, 0.05) is 12.2 Å². The highest BCUT2D eigenvalue weighted by molar-refractivity contribution is 5.84. The lowest BCUT2D eigenvalue weighted by molar-refractivity contribution is 0.444. The summed E-state index contributed by atoms with van der Waals surface area (Å²) in [6, 6.07) is 4.42. The van der Waals surface area contributed by atoms with Crippen LogP contribution < -0.4 is 5.32 Å². The second-order valence-corrected chi connectivity index (χ2v) is 3.87. The van der Waals surface area contributed by atoms with Gasteiger partial charge in [-0.1, -0.05) is 0 Å². The standard InChI is InChI=1S/C11H12N4/c1-3-8(4-1)15-11-10-9(13-7-14-11)5-2-6-12-10/h2,5-8H,1,3-4H2,(H,13,14,15). The molecule has 4 nitrogen and oxygen atoms in total. The molecule has 0 radical (unpaired) electrons. The first kappa shape index (κ1) is 8.59. The molecule has 1 aliphatic rings. The van der Waals surface area contributed by atoms with Gasteiger partial charge in [0.05, 0.1) is 5.52 Å². The molecule has 1 aliphatic carbocycles. The number of pyridine rings is 1. The van der Waals surface area contributed by atoms with E-state index in [2.05, 4.69) is 20.3 Å². The lowest BCUT2D eigenvalue weighted by atomic mass is 9.93. The second kappa shape index (κ2) is 3.46. The van der Waals surface area contributed by atoms with Crippen LogP contribution in [-0.4, -0.2) is 21.0 Å². The fourth-order valence-corrected chi connectivity index (χ4v) is 1.74. The fourth-order valence-electron chi connectivity index (χ4n) is 1.74. The maximum Gasteiger partial charge on any atom is 0.156 e. The SMILES string of the molecule is c1cnc2c(NC3CCC3)ncnc2c1. The minimum absolute atomic E-state index is 0.574. The topological polar surface area (TPSA) is 50.7 Å². The van der Waals surface area contributed by atoms with Gasteiger partial charge in [-0.2, -0.15) is 0 Å². The quantitative estimate of drug-likeness (QED) is 0.805. The highest BCUT2D eigenvalue weighted by Gasteiger charge is 2.18. The number of hydrogen-bond acceptors (Lipinski definition) is 4. The summed E-state index contributed by atoms with van der Waals surface area (Å²) in [6.45, 7) is 0. The van der Waals surface area contributed by atoms with Gasteiger partial charge in [0.15, 0.2) is 5.82 Å². The molecule has 1 saturated carbocycles. The van der Waals surface area contributed by atoms with Crippen molar-refractivity contribution in [1.29, 1.82) is 0 Å². The Morgan fingerprint density at radius 3 is 2.93 bits per heavy atom. The molecule has 3 rings (SSSR count). The Morgan fingerprint density at radius 1 is 1.20 bits per heavy atom. The van der Waals surface area contributed by atoms with Crippen molar-refractivity contribution < 1.29 is 0 Å². The van der Waals surface area contributed by atoms with Gasteiger partial charge in [0.25, 0.3) is 0 Å². The lowest BCUT2D eigenvalue weighted by Gasteiger charge is -2.26. The molecular formula is C11H12N4. The normalized spacial score (nSPS) is 16.3. The molecule has 1 fully saturated rings. The third kappa shape index (κ3) is 1.52. The summed E-state index contributed by atoms with van der Waals surface area (Å²) in [5, 5.41) is 3.41. The largest absolute Gasteiger partial charge is 0.365 e. The maximum absolute atomic E-state index is 4.31. The van der Waals surface area contributed by atoms with Crippen LogP contribution in [0, 0.1) is 0 Å². The average Bonchev–Trinajstić information content (AvgIpc) is 2.23. The molecule has 0 aliphatic heterocycles. The van der Waals surface area contributed by atoms with Crippen molar-refractivity contribution in [1.82, 2.24) is 15.0 Å². The van der Waals surface area contributed by atoms with E-state index in [-0.39, 0.29) is 0 Å². The molecule has 0 amide bonds. The summed E-state index contributed by atoms with van der Waals surface area (Å²) in [5.41, 5.74) is 1.77. The third-order valence-electron chi connectivity index (χ3n) is 2.84. The molecule has 0 atom stereocenters. The smallest absolute Gasteiger partial charge is 0.156 e. The van der Waals surface area contributed by atoms with Crippen molar-refractivity contribution in [3.63, 3.8) is 0 Å². The Hall–Kier alpha value is -1.71. The van der Waals surface area contributed by atoms with Crippen LogP contribution in [0.4, 0.5) is 5.82 Å². The third-order valence-corrected chi connectivity index (χ3v) is 2.84. The van der Waals surface area contributed by atoms with E-state index in [0.29, 0.717) is 6.04 Å². The monoisotopic (exact) mass is 200 g/mol. The molecule has 2 heterocycles. The Bertz CT molecular complexity index is 473. The van der Waals surface area contributed by atoms with Crippen LogP contribution in [0.15, 0.2) is 24.7 Å². The Morgan fingerprint density at radius 2 is 2.13 bits per heavy atom. The average molecular weight is 200 g/mol. The number of anilines is 1. The van der Waals surface area contributed by atoms with Gasteiger partial charge in [-0.05, 0) is 31.4 Å². The van der Waals surface area contributed by atoms with Gasteiger partial charge >= 0.3 is 0 Å². The Balaban J connectivity index is 2.01. The molecule has 0 spiro atoms. The lowest BCUT2D eigenvalue weighted by Crippen LogP contribution is -2.27. The predicted octanol–water partition coefficient (Wildman–Crippen LogP) is 1.99. The van der Waals surface area contributed by atoms with E-state index in [0.717, 1.165) is 16.9 Å². The summed E-state index contributed by atoms with van der Waals surface area (Å²) in [6.07, 6.45) is 7.15. The molecule has 15 heavy (non-hydrogen) atoms. The van der Waals surface area contributed by atoms with Crippen LogP contribution in [0.1, 0.15) is 19.3 Å². The molecule has 76 valence electrons. The summed E-state index contributed by atoms with van der Waals surface area (Å²) < 4.78 is 0. The Kier molecular flexibility index (Phi) is 1.98. The molecule has 0 aromatic carbocycles. The van der Waals surface area contributed by atoms with Gasteiger partial charge in [0.2, 0.25) is 0 Å². The van der Waals surface area contributed by atoms with Crippen molar-refractivity contribution in [2.45, 2.75) is 25.3 Å². The van der Waals surface area contributed by atoms with Crippen LogP contribution >= 0.6 is 0 Å². The van der Waals surface area contributed by atoms with E-state index in [4.69, 9.17) is 0 Å². The Labute approximate surface area is 87.8 Å². The number of nitrogens with zero attached hydrogens (tertiary/aromatic N) is 3. The molecule has 4 heteroatoms. The minimum atomic E-state index is 0.574. The van der Waals surface area contributed by atoms with Crippen LogP contribution in [0.3, 0.4) is 0 Å². The number of hydrogen-bond donors (Lipinski definition) is 1. The number of rotatable bonds is 2. The predicted molar refractivity (Wildman–Crippen MR) is 58.6 cm³/mol. The second-order valence-electron chi connectivity index (χ2n) is 3.87. The van der Waals surface area contributed by atoms with E-state index in [1.165, 1.54) is 19.3 Å². The summed E-state index contributed by atoms with van der Waals surface area (Å²) in [7, 11) is 0. The van der Waals surface area contributed by atoms with E-state index in [1.807, 2.05) is 12.1 Å². The minimum Gasteiger partial charge on any atom is -0.365 e. The van der Waals surface area contributed by atoms with Crippen molar-refractivity contribution in [3.05, 3.63) is 24.7 Å². The van der Waals surface area contributed by atoms with Crippen molar-refractivity contribution in [3.8, 4) is 0 Å². The number of aromatic nitrogens is 3. The van der Waals surface area contributed by atoms with Crippen molar-refractivity contribution >= 4 is 16.9 Å². The van der Waals surface area contributed by atoms with Gasteiger partial charge in [-0.25, -0.2) is 9.97 Å². The van der Waals surface area contributed by atoms with Gasteiger partial charge in [0.1, 0.15) is 11.8 Å². The zero-order valence-corrected chi connectivity index (χ0v) is 8.35. The molecule has 0 saturated heterocycles. The first-order valence-corrected chi connectivity index (χ1v) is 5.26. The zero-order chi connectivity index (χ0) is 10.1. The number of nitrogens with one attached hydrogen (secondary N) is 1. The highest BCUT2D eigenvalue weighted by atomic mass is 15.1. The summed E-state index contributed by atoms with van der Waals surface area (Å²) in [4.78, 5) is 12.7. The number of fused-ring (bicyclic) bond motifs is 1. The van der Waals surface area contributed by atoms with Gasteiger partial charge in [-0.3, -0.25) is 4.98 Å². The van der Waals surface area contributed by atoms with Gasteiger partial charge in [-0.15, -0.1) is 0 Å². The molecular weight excluding hydrogens is 188 g/mol. The van der Waals surface area contributed by atoms with Crippen LogP contribution in [-0.2, 0) is 0 Å². The zero-order valence-electron chi connectivity index (χ0n) is 8.35. The molecule has 0 bridgehead atoms. The van der Waals surface area contributed by atoms with Crippen molar-refractivity contribution in [2.24, 2.45) is 0 Å². The van der Waals surface area contributed by atoms with E-state index >= 15 is 0 Å². The highest BCUT2D eigenvalue weighted by Crippen LogP contribution is 2.24. The summed E-state index contributed by atoms with van der Waals surface area (Å²) in [5.74, 6) is 0.866. The van der Waals surface area contributed by atoms with E-state index < -0.39 is 0 Å². The molecule has 2 aromatic heterocycles. The van der Waals surface area contributed by atoms with E-state index in [9.17, 15) is 0 Å². The van der Waals surface area contributed by atoms with Crippen LogP contribution in [0.2, 0.25) is 0 Å². The van der Waals surface area contributed by atoms with E-state index in [1.54, 1.807) is 12.5 Å². The maximum atomic E-state index is 4.31. The first-order valence-electron chi connectivity index (χ1n) is 5.26. The van der Waals surface area contributed by atoms with Crippen LogP contribution in [0.5, 0.6) is 0 Å². The first-order chi connectivity index (χ1) is 7.43. The van der Waals surface area contributed by atoms with Gasteiger partial charge < -0.3 is 5.32 Å². The summed E-state index contributed by atoms with van der Waals surface area (Å²) >= 11 is 0. The molecule has 1 N–H and O–H groups in total. The molecule has 2 aromatic rings. The van der Waals surface area contributed by atoms with Crippen LogP contribution in [0.25, 0.3) is 11.0 Å².